The fourth-order valence-corrected chi connectivity index (χ4v) is 3.09. The van der Waals surface area contributed by atoms with Crippen LogP contribution in [0, 0.1) is 5.92 Å². The van der Waals surface area contributed by atoms with Crippen LogP contribution < -0.4 is 10.2 Å². The molecule has 1 aliphatic rings. The highest BCUT2D eigenvalue weighted by Gasteiger charge is 2.26. The van der Waals surface area contributed by atoms with Crippen LogP contribution in [0.15, 0.2) is 49.2 Å². The van der Waals surface area contributed by atoms with Gasteiger partial charge in [0.25, 0.3) is 0 Å². The number of aromatic nitrogens is 4. The van der Waals surface area contributed by atoms with Crippen molar-refractivity contribution < 1.29 is 4.79 Å². The number of carbonyl (C=O) groups excluding carboxylic acids is 1. The van der Waals surface area contributed by atoms with Crippen molar-refractivity contribution >= 4 is 28.4 Å². The Balaban J connectivity index is 1.38. The van der Waals surface area contributed by atoms with E-state index >= 15 is 0 Å². The number of nitrogens with zero attached hydrogens (tertiary/aromatic N) is 5. The summed E-state index contributed by atoms with van der Waals surface area (Å²) < 4.78 is 0. The second-order valence-corrected chi connectivity index (χ2v) is 6.10. The average molecular weight is 334 g/mol. The lowest BCUT2D eigenvalue weighted by Gasteiger charge is -2.31. The van der Waals surface area contributed by atoms with E-state index in [0.29, 0.717) is 0 Å². The highest BCUT2D eigenvalue weighted by Crippen LogP contribution is 2.23. The Hall–Kier alpha value is -3.09. The molecule has 0 unspecified atom stereocenters. The van der Waals surface area contributed by atoms with Crippen LogP contribution in [-0.4, -0.2) is 38.9 Å². The van der Waals surface area contributed by atoms with Gasteiger partial charge in [-0.15, -0.1) is 0 Å². The van der Waals surface area contributed by atoms with Crippen LogP contribution in [0.25, 0.3) is 10.9 Å². The van der Waals surface area contributed by atoms with Gasteiger partial charge in [0.05, 0.1) is 5.52 Å². The number of rotatable bonds is 3. The van der Waals surface area contributed by atoms with Crippen LogP contribution in [0.4, 0.5) is 11.6 Å². The molecule has 0 bridgehead atoms. The topological polar surface area (TPSA) is 83.9 Å². The van der Waals surface area contributed by atoms with Crippen LogP contribution in [-0.2, 0) is 4.79 Å². The lowest BCUT2D eigenvalue weighted by molar-refractivity contribution is -0.120. The van der Waals surface area contributed by atoms with Gasteiger partial charge in [0.1, 0.15) is 6.33 Å². The molecule has 0 aliphatic carbocycles. The molecule has 3 aromatic rings. The van der Waals surface area contributed by atoms with E-state index in [4.69, 9.17) is 0 Å². The third kappa shape index (κ3) is 3.40. The molecular weight excluding hydrogens is 316 g/mol. The highest BCUT2D eigenvalue weighted by molar-refractivity contribution is 5.94. The molecule has 0 atom stereocenters. The van der Waals surface area contributed by atoms with Gasteiger partial charge in [0.15, 0.2) is 0 Å². The van der Waals surface area contributed by atoms with E-state index in [1.54, 1.807) is 24.7 Å². The van der Waals surface area contributed by atoms with Crippen LogP contribution in [0.3, 0.4) is 0 Å². The largest absolute Gasteiger partial charge is 0.341 e. The highest BCUT2D eigenvalue weighted by atomic mass is 16.1. The van der Waals surface area contributed by atoms with Crippen molar-refractivity contribution in [3.8, 4) is 0 Å². The number of fused-ring (bicyclic) bond motifs is 1. The molecule has 7 nitrogen and oxygen atoms in total. The van der Waals surface area contributed by atoms with Crippen LogP contribution in [0.5, 0.6) is 0 Å². The predicted molar refractivity (Wildman–Crippen MR) is 95.1 cm³/mol. The molecule has 3 heterocycles. The molecule has 7 heteroatoms. The minimum Gasteiger partial charge on any atom is -0.341 e. The van der Waals surface area contributed by atoms with Gasteiger partial charge in [-0.05, 0) is 37.1 Å². The Kier molecular flexibility index (Phi) is 4.20. The third-order valence-corrected chi connectivity index (χ3v) is 4.48. The van der Waals surface area contributed by atoms with E-state index in [2.05, 4.69) is 30.2 Å². The average Bonchev–Trinajstić information content (AvgIpc) is 2.69. The second kappa shape index (κ2) is 6.80. The number of benzene rings is 1. The van der Waals surface area contributed by atoms with Gasteiger partial charge in [-0.25, -0.2) is 19.9 Å². The first-order valence-electron chi connectivity index (χ1n) is 8.32. The van der Waals surface area contributed by atoms with Crippen molar-refractivity contribution in [3.63, 3.8) is 0 Å². The zero-order valence-electron chi connectivity index (χ0n) is 13.7. The molecule has 1 aromatic carbocycles. The first-order chi connectivity index (χ1) is 12.3. The predicted octanol–water partition coefficient (Wildman–Crippen LogP) is 2.27. The third-order valence-electron chi connectivity index (χ3n) is 4.48. The zero-order chi connectivity index (χ0) is 17.1. The molecule has 1 fully saturated rings. The van der Waals surface area contributed by atoms with E-state index in [1.165, 1.54) is 6.33 Å². The minimum atomic E-state index is 0.000980. The number of piperidine rings is 1. The van der Waals surface area contributed by atoms with E-state index in [1.807, 2.05) is 18.2 Å². The standard InChI is InChI=1S/C18H18N6O/c25-17(23-15-3-2-14-11-19-12-22-16(14)10-15)13-4-8-24(9-5-13)18-20-6-1-7-21-18/h1-3,6-7,10-13H,4-5,8-9H2,(H,23,25). The molecule has 1 saturated heterocycles. The molecule has 25 heavy (non-hydrogen) atoms. The smallest absolute Gasteiger partial charge is 0.227 e. The van der Waals surface area contributed by atoms with Crippen LogP contribution in [0.2, 0.25) is 0 Å². The van der Waals surface area contributed by atoms with Crippen molar-refractivity contribution in [2.75, 3.05) is 23.3 Å². The summed E-state index contributed by atoms with van der Waals surface area (Å²) in [4.78, 5) is 31.4. The summed E-state index contributed by atoms with van der Waals surface area (Å²) >= 11 is 0. The Morgan fingerprint density at radius 2 is 1.92 bits per heavy atom. The van der Waals surface area contributed by atoms with E-state index in [9.17, 15) is 4.79 Å². The lowest BCUT2D eigenvalue weighted by atomic mass is 9.96. The summed E-state index contributed by atoms with van der Waals surface area (Å²) in [7, 11) is 0. The first-order valence-corrected chi connectivity index (χ1v) is 8.32. The molecule has 4 rings (SSSR count). The second-order valence-electron chi connectivity index (χ2n) is 6.10. The van der Waals surface area contributed by atoms with Gasteiger partial charge in [0, 0.05) is 48.7 Å². The summed E-state index contributed by atoms with van der Waals surface area (Å²) in [5, 5.41) is 3.96. The van der Waals surface area contributed by atoms with Crippen molar-refractivity contribution in [1.29, 1.82) is 0 Å². The van der Waals surface area contributed by atoms with E-state index in [-0.39, 0.29) is 11.8 Å². The van der Waals surface area contributed by atoms with E-state index in [0.717, 1.165) is 48.5 Å². The van der Waals surface area contributed by atoms with Crippen molar-refractivity contribution in [1.82, 2.24) is 19.9 Å². The number of hydrogen-bond acceptors (Lipinski definition) is 6. The number of amides is 1. The maximum atomic E-state index is 12.6. The molecule has 0 saturated carbocycles. The summed E-state index contributed by atoms with van der Waals surface area (Å²) in [6.45, 7) is 1.57. The molecule has 1 N–H and O–H groups in total. The van der Waals surface area contributed by atoms with Crippen LogP contribution >= 0.6 is 0 Å². The Labute approximate surface area is 145 Å². The lowest BCUT2D eigenvalue weighted by Crippen LogP contribution is -2.39. The number of hydrogen-bond donors (Lipinski definition) is 1. The Morgan fingerprint density at radius 1 is 1.12 bits per heavy atom. The number of carbonyl (C=O) groups is 1. The summed E-state index contributed by atoms with van der Waals surface area (Å²) in [6, 6.07) is 7.48. The monoisotopic (exact) mass is 334 g/mol. The fraction of sp³-hybridized carbons (Fsp3) is 0.278. The molecule has 1 amide bonds. The van der Waals surface area contributed by atoms with Gasteiger partial charge in [-0.1, -0.05) is 0 Å². The van der Waals surface area contributed by atoms with Gasteiger partial charge in [-0.2, -0.15) is 0 Å². The number of anilines is 2. The van der Waals surface area contributed by atoms with Gasteiger partial charge in [0.2, 0.25) is 11.9 Å². The maximum absolute atomic E-state index is 12.6. The molecule has 2 aromatic heterocycles. The molecule has 0 spiro atoms. The van der Waals surface area contributed by atoms with Crippen molar-refractivity contribution in [2.45, 2.75) is 12.8 Å². The van der Waals surface area contributed by atoms with Crippen molar-refractivity contribution in [3.05, 3.63) is 49.2 Å². The fourth-order valence-electron chi connectivity index (χ4n) is 3.09. The summed E-state index contributed by atoms with van der Waals surface area (Å²) in [5.41, 5.74) is 1.59. The first kappa shape index (κ1) is 15.4. The van der Waals surface area contributed by atoms with E-state index < -0.39 is 0 Å². The number of nitrogens with one attached hydrogen (secondary N) is 1. The Morgan fingerprint density at radius 3 is 2.72 bits per heavy atom. The molecular formula is C18H18N6O. The minimum absolute atomic E-state index is 0.000980. The molecule has 126 valence electrons. The maximum Gasteiger partial charge on any atom is 0.227 e. The summed E-state index contributed by atoms with van der Waals surface area (Å²) in [6.07, 6.45) is 8.33. The summed E-state index contributed by atoms with van der Waals surface area (Å²) in [5.74, 6) is 0.790. The van der Waals surface area contributed by atoms with Gasteiger partial charge < -0.3 is 10.2 Å². The molecule has 1 aliphatic heterocycles. The quantitative estimate of drug-likeness (QED) is 0.791. The van der Waals surface area contributed by atoms with Crippen molar-refractivity contribution in [2.24, 2.45) is 5.92 Å². The zero-order valence-corrected chi connectivity index (χ0v) is 13.7. The van der Waals surface area contributed by atoms with Gasteiger partial charge in [-0.3, -0.25) is 4.79 Å². The van der Waals surface area contributed by atoms with Gasteiger partial charge >= 0.3 is 0 Å². The van der Waals surface area contributed by atoms with Crippen LogP contribution in [0.1, 0.15) is 12.8 Å². The Bertz CT molecular complexity index is 877. The SMILES string of the molecule is O=C(Nc1ccc2cncnc2c1)C1CCN(c2ncccn2)CC1. The normalized spacial score (nSPS) is 15.3. The molecule has 0 radical (unpaired) electrons.